The fraction of sp³-hybridized carbons (Fsp3) is 0.227. The molecule has 0 unspecified atom stereocenters. The van der Waals surface area contributed by atoms with Crippen molar-refractivity contribution in [3.63, 3.8) is 0 Å². The molecule has 0 fully saturated rings. The van der Waals surface area contributed by atoms with Gasteiger partial charge in [-0.25, -0.2) is 14.2 Å². The minimum absolute atomic E-state index is 0.0854. The van der Waals surface area contributed by atoms with Crippen LogP contribution in [0.2, 0.25) is 0 Å². The highest BCUT2D eigenvalue weighted by molar-refractivity contribution is 5.90. The first-order valence-electron chi connectivity index (χ1n) is 9.78. The van der Waals surface area contributed by atoms with Gasteiger partial charge >= 0.3 is 12.2 Å². The minimum Gasteiger partial charge on any atom is -0.320 e. The van der Waals surface area contributed by atoms with Crippen molar-refractivity contribution in [2.24, 2.45) is 0 Å². The molecule has 166 valence electrons. The minimum atomic E-state index is -4.61. The molecule has 2 heterocycles. The molecule has 0 saturated carbocycles. The summed E-state index contributed by atoms with van der Waals surface area (Å²) < 4.78 is 52.9. The van der Waals surface area contributed by atoms with Gasteiger partial charge in [-0.2, -0.15) is 13.2 Å². The quantitative estimate of drug-likeness (QED) is 0.595. The summed E-state index contributed by atoms with van der Waals surface area (Å²) in [6, 6.07) is 9.90. The molecule has 1 aliphatic rings. The normalized spacial score (nSPS) is 13.6. The summed E-state index contributed by atoms with van der Waals surface area (Å²) in [4.78, 5) is 33.5. The number of halogens is 4. The number of hydrogen-bond donors (Lipinski definition) is 2. The Morgan fingerprint density at radius 3 is 2.69 bits per heavy atom. The van der Waals surface area contributed by atoms with Gasteiger partial charge in [-0.15, -0.1) is 0 Å². The molecule has 0 bridgehead atoms. The van der Waals surface area contributed by atoms with Gasteiger partial charge in [0.2, 0.25) is 0 Å². The fourth-order valence-corrected chi connectivity index (χ4v) is 3.61. The number of nitrogens with one attached hydrogen (secondary N) is 2. The third-order valence-electron chi connectivity index (χ3n) is 5.14. The van der Waals surface area contributed by atoms with E-state index in [0.29, 0.717) is 17.1 Å². The molecule has 0 spiro atoms. The maximum atomic E-state index is 13.4. The van der Waals surface area contributed by atoms with E-state index in [0.717, 1.165) is 6.07 Å². The molecule has 3 aromatic rings. The first kappa shape index (κ1) is 21.5. The van der Waals surface area contributed by atoms with E-state index < -0.39 is 29.1 Å². The number of benzene rings is 2. The molecule has 4 rings (SSSR count). The Hall–Kier alpha value is -3.69. The number of fused-ring (bicyclic) bond motifs is 1. The average molecular weight is 446 g/mol. The summed E-state index contributed by atoms with van der Waals surface area (Å²) in [5.74, 6) is -0.0205. The number of aromatic amines is 1. The van der Waals surface area contributed by atoms with Crippen LogP contribution < -0.4 is 10.9 Å². The van der Waals surface area contributed by atoms with Crippen molar-refractivity contribution < 1.29 is 22.4 Å². The summed E-state index contributed by atoms with van der Waals surface area (Å²) >= 11 is 0. The number of carbonyl (C=O) groups excluding carboxylic acids is 1. The molecule has 2 aromatic carbocycles. The van der Waals surface area contributed by atoms with Crippen molar-refractivity contribution in [1.29, 1.82) is 0 Å². The molecule has 10 heteroatoms. The summed E-state index contributed by atoms with van der Waals surface area (Å²) in [6.07, 6.45) is -4.11. The fourth-order valence-electron chi connectivity index (χ4n) is 3.61. The maximum Gasteiger partial charge on any atom is 0.418 e. The number of amides is 2. The first-order valence-corrected chi connectivity index (χ1v) is 9.78. The van der Waals surface area contributed by atoms with Crippen molar-refractivity contribution >= 4 is 11.7 Å². The highest BCUT2D eigenvalue weighted by Gasteiger charge is 2.34. The number of anilines is 1. The predicted octanol–water partition coefficient (Wildman–Crippen LogP) is 4.11. The number of para-hydroxylation sites is 1. The SMILES string of the molecule is O=C(Nc1ccccc1C(F)(F)F)N1CCc2nc(Cc3cccc(F)c3)[nH]c(=O)c2C1. The number of H-pyrrole nitrogens is 1. The van der Waals surface area contributed by atoms with E-state index in [1.807, 2.05) is 0 Å². The monoisotopic (exact) mass is 446 g/mol. The van der Waals surface area contributed by atoms with E-state index in [-0.39, 0.29) is 37.2 Å². The van der Waals surface area contributed by atoms with Gasteiger partial charge in [0, 0.05) is 19.4 Å². The van der Waals surface area contributed by atoms with Gasteiger partial charge in [0.25, 0.3) is 5.56 Å². The average Bonchev–Trinajstić information content (AvgIpc) is 2.73. The van der Waals surface area contributed by atoms with E-state index in [2.05, 4.69) is 15.3 Å². The number of urea groups is 1. The molecule has 0 saturated heterocycles. The van der Waals surface area contributed by atoms with Gasteiger partial charge in [0.15, 0.2) is 0 Å². The molecular weight excluding hydrogens is 428 g/mol. The zero-order valence-electron chi connectivity index (χ0n) is 16.7. The van der Waals surface area contributed by atoms with E-state index in [1.54, 1.807) is 12.1 Å². The van der Waals surface area contributed by atoms with Crippen LogP contribution in [0.25, 0.3) is 0 Å². The highest BCUT2D eigenvalue weighted by atomic mass is 19.4. The van der Waals surface area contributed by atoms with Crippen LogP contribution in [0.15, 0.2) is 53.3 Å². The predicted molar refractivity (Wildman–Crippen MR) is 109 cm³/mol. The smallest absolute Gasteiger partial charge is 0.320 e. The number of carbonyl (C=O) groups is 1. The molecule has 2 N–H and O–H groups in total. The molecular formula is C22H18F4N4O2. The Morgan fingerprint density at radius 1 is 1.16 bits per heavy atom. The maximum absolute atomic E-state index is 13.4. The van der Waals surface area contributed by atoms with Crippen molar-refractivity contribution in [3.8, 4) is 0 Å². The Balaban J connectivity index is 1.51. The third kappa shape index (κ3) is 4.63. The van der Waals surface area contributed by atoms with E-state index in [4.69, 9.17) is 0 Å². The second-order valence-corrected chi connectivity index (χ2v) is 7.39. The van der Waals surface area contributed by atoms with Crippen LogP contribution in [-0.2, 0) is 25.6 Å². The van der Waals surface area contributed by atoms with Crippen LogP contribution in [0.3, 0.4) is 0 Å². The van der Waals surface area contributed by atoms with Crippen molar-refractivity contribution in [2.75, 3.05) is 11.9 Å². The molecule has 32 heavy (non-hydrogen) atoms. The lowest BCUT2D eigenvalue weighted by molar-refractivity contribution is -0.136. The van der Waals surface area contributed by atoms with Crippen molar-refractivity contribution in [1.82, 2.24) is 14.9 Å². The van der Waals surface area contributed by atoms with Gasteiger partial charge < -0.3 is 15.2 Å². The third-order valence-corrected chi connectivity index (χ3v) is 5.14. The second kappa shape index (κ2) is 8.45. The second-order valence-electron chi connectivity index (χ2n) is 7.39. The standard InChI is InChI=1S/C22H18F4N4O2/c23-14-5-3-4-13(10-14)11-19-27-17-8-9-30(12-15(17)20(31)29-19)21(32)28-18-7-2-1-6-16(18)22(24,25)26/h1-7,10H,8-9,11-12H2,(H,28,32)(H,27,29,31). The van der Waals surface area contributed by atoms with Gasteiger partial charge in [0.05, 0.1) is 29.1 Å². The Bertz CT molecular complexity index is 1220. The number of aromatic nitrogens is 2. The molecule has 1 aromatic heterocycles. The number of nitrogens with zero attached hydrogens (tertiary/aromatic N) is 2. The summed E-state index contributed by atoms with van der Waals surface area (Å²) in [7, 11) is 0. The van der Waals surface area contributed by atoms with Crippen LogP contribution in [0.4, 0.5) is 28.0 Å². The van der Waals surface area contributed by atoms with E-state index in [1.165, 1.54) is 35.2 Å². The van der Waals surface area contributed by atoms with Gasteiger partial charge in [-0.3, -0.25) is 4.79 Å². The molecule has 2 amide bonds. The first-order chi connectivity index (χ1) is 15.2. The molecule has 0 radical (unpaired) electrons. The van der Waals surface area contributed by atoms with Gasteiger partial charge in [-0.1, -0.05) is 24.3 Å². The number of rotatable bonds is 3. The van der Waals surface area contributed by atoms with E-state index in [9.17, 15) is 27.2 Å². The molecule has 0 aliphatic carbocycles. The lowest BCUT2D eigenvalue weighted by Crippen LogP contribution is -2.42. The lowest BCUT2D eigenvalue weighted by Gasteiger charge is -2.28. The largest absolute Gasteiger partial charge is 0.418 e. The van der Waals surface area contributed by atoms with Gasteiger partial charge in [-0.05, 0) is 29.8 Å². The van der Waals surface area contributed by atoms with Crippen LogP contribution in [0, 0.1) is 5.82 Å². The summed E-state index contributed by atoms with van der Waals surface area (Å²) in [5, 5.41) is 2.29. The zero-order chi connectivity index (χ0) is 22.9. The zero-order valence-corrected chi connectivity index (χ0v) is 16.7. The van der Waals surface area contributed by atoms with Gasteiger partial charge in [0.1, 0.15) is 11.6 Å². The Morgan fingerprint density at radius 2 is 1.94 bits per heavy atom. The Kier molecular flexibility index (Phi) is 5.68. The van der Waals surface area contributed by atoms with Crippen LogP contribution in [0.1, 0.15) is 28.2 Å². The van der Waals surface area contributed by atoms with Crippen molar-refractivity contribution in [2.45, 2.75) is 25.6 Å². The molecule has 0 atom stereocenters. The highest BCUT2D eigenvalue weighted by Crippen LogP contribution is 2.34. The molecule has 1 aliphatic heterocycles. The Labute approximate surface area is 179 Å². The van der Waals surface area contributed by atoms with Crippen LogP contribution in [0.5, 0.6) is 0 Å². The summed E-state index contributed by atoms with van der Waals surface area (Å²) in [5.41, 5.74) is -0.304. The summed E-state index contributed by atoms with van der Waals surface area (Å²) in [6.45, 7) is 0.0980. The lowest BCUT2D eigenvalue weighted by atomic mass is 10.1. The topological polar surface area (TPSA) is 78.1 Å². The molecule has 6 nitrogen and oxygen atoms in total. The number of hydrogen-bond acceptors (Lipinski definition) is 3. The van der Waals surface area contributed by atoms with Crippen LogP contribution >= 0.6 is 0 Å². The number of alkyl halides is 3. The van der Waals surface area contributed by atoms with Crippen molar-refractivity contribution in [3.05, 3.63) is 92.9 Å². The van der Waals surface area contributed by atoms with Crippen LogP contribution in [-0.4, -0.2) is 27.4 Å². The van der Waals surface area contributed by atoms with E-state index >= 15 is 0 Å².